The quantitative estimate of drug-likeness (QED) is 0.144. The fourth-order valence-corrected chi connectivity index (χ4v) is 7.52. The minimum absolute atomic E-state index is 0.607. The fourth-order valence-electron chi connectivity index (χ4n) is 7.52. The zero-order valence-electron chi connectivity index (χ0n) is 34.2. The van der Waals surface area contributed by atoms with Crippen LogP contribution in [0, 0.1) is 13.8 Å². The smallest absolute Gasteiger partial charge is 0.164 e. The van der Waals surface area contributed by atoms with Crippen molar-refractivity contribution in [2.75, 3.05) is 0 Å². The standard InChI is InChI=1S/C55H39N7/c1-36-19-23-41(24-20-36)52-58-53(42-25-21-37(2)22-26-42)62-55(61-52)47-18-10-16-45(34-47)48-28-27-44(35-49(48)38-29-31-56-32-30-38)43-15-9-17-46(33-43)54-59-50(39-11-5-3-6-12-39)57-51(60-54)40-13-7-4-8-14-40/h3-35H,1-2H3. The maximum Gasteiger partial charge on any atom is 0.164 e. The Kier molecular flexibility index (Phi) is 10.3. The van der Waals surface area contributed by atoms with E-state index in [-0.39, 0.29) is 0 Å². The lowest BCUT2D eigenvalue weighted by atomic mass is 9.90. The van der Waals surface area contributed by atoms with Gasteiger partial charge in [-0.05, 0) is 77.6 Å². The molecule has 294 valence electrons. The number of benzene rings is 7. The Bertz CT molecular complexity index is 3050. The third kappa shape index (κ3) is 8.03. The second-order valence-corrected chi connectivity index (χ2v) is 15.2. The zero-order chi connectivity index (χ0) is 41.8. The molecule has 0 atom stereocenters. The van der Waals surface area contributed by atoms with E-state index in [0.717, 1.165) is 66.8 Å². The van der Waals surface area contributed by atoms with E-state index >= 15 is 0 Å². The molecule has 0 bridgehead atoms. The second kappa shape index (κ2) is 16.8. The van der Waals surface area contributed by atoms with Crippen molar-refractivity contribution < 1.29 is 0 Å². The van der Waals surface area contributed by atoms with Crippen LogP contribution in [0.2, 0.25) is 0 Å². The van der Waals surface area contributed by atoms with E-state index in [1.165, 1.54) is 11.1 Å². The summed E-state index contributed by atoms with van der Waals surface area (Å²) in [5.41, 5.74) is 14.2. The molecule has 62 heavy (non-hydrogen) atoms. The highest BCUT2D eigenvalue weighted by Crippen LogP contribution is 2.38. The Morgan fingerprint density at radius 2 is 0.597 bits per heavy atom. The summed E-state index contributed by atoms with van der Waals surface area (Å²) in [4.78, 5) is 34.3. The van der Waals surface area contributed by atoms with Gasteiger partial charge < -0.3 is 0 Å². The molecule has 3 heterocycles. The number of hydrogen-bond donors (Lipinski definition) is 0. The summed E-state index contributed by atoms with van der Waals surface area (Å²) in [5.74, 6) is 3.73. The summed E-state index contributed by atoms with van der Waals surface area (Å²) >= 11 is 0. The first-order valence-electron chi connectivity index (χ1n) is 20.5. The molecule has 0 amide bonds. The van der Waals surface area contributed by atoms with Crippen LogP contribution in [-0.2, 0) is 0 Å². The van der Waals surface area contributed by atoms with Gasteiger partial charge in [0.1, 0.15) is 0 Å². The second-order valence-electron chi connectivity index (χ2n) is 15.2. The van der Waals surface area contributed by atoms with E-state index in [1.54, 1.807) is 0 Å². The van der Waals surface area contributed by atoms with Crippen LogP contribution >= 0.6 is 0 Å². The van der Waals surface area contributed by atoms with Crippen molar-refractivity contribution in [2.24, 2.45) is 0 Å². The van der Waals surface area contributed by atoms with Crippen LogP contribution in [0.5, 0.6) is 0 Å². The van der Waals surface area contributed by atoms with Crippen molar-refractivity contribution in [2.45, 2.75) is 13.8 Å². The normalized spacial score (nSPS) is 11.1. The molecular weight excluding hydrogens is 759 g/mol. The molecule has 7 aromatic carbocycles. The van der Waals surface area contributed by atoms with Gasteiger partial charge >= 0.3 is 0 Å². The Morgan fingerprint density at radius 3 is 1.08 bits per heavy atom. The molecule has 0 radical (unpaired) electrons. The molecule has 0 saturated carbocycles. The largest absolute Gasteiger partial charge is 0.265 e. The van der Waals surface area contributed by atoms with Crippen molar-refractivity contribution in [3.63, 3.8) is 0 Å². The van der Waals surface area contributed by atoms with Gasteiger partial charge in [-0.3, -0.25) is 4.98 Å². The SMILES string of the molecule is Cc1ccc(-c2nc(-c3ccc(C)cc3)nc(-c3cccc(-c4ccc(-c5cccc(-c6nc(-c7ccccc7)nc(-c7ccccc7)n6)c5)cc4-c4ccncc4)c3)n2)cc1. The van der Waals surface area contributed by atoms with Gasteiger partial charge in [0.15, 0.2) is 34.9 Å². The molecule has 0 spiro atoms. The maximum atomic E-state index is 5.05. The van der Waals surface area contributed by atoms with Crippen molar-refractivity contribution >= 4 is 0 Å². The lowest BCUT2D eigenvalue weighted by molar-refractivity contribution is 1.07. The summed E-state index contributed by atoms with van der Waals surface area (Å²) in [7, 11) is 0. The predicted molar refractivity (Wildman–Crippen MR) is 249 cm³/mol. The summed E-state index contributed by atoms with van der Waals surface area (Å²) in [6, 6.07) is 64.3. The molecule has 7 nitrogen and oxygen atoms in total. The molecule has 0 N–H and O–H groups in total. The highest BCUT2D eigenvalue weighted by atomic mass is 15.0. The van der Waals surface area contributed by atoms with E-state index in [1.807, 2.05) is 73.1 Å². The topological polar surface area (TPSA) is 90.2 Å². The number of aromatic nitrogens is 7. The summed E-state index contributed by atoms with van der Waals surface area (Å²) < 4.78 is 0. The molecular formula is C55H39N7. The molecule has 10 aromatic rings. The van der Waals surface area contributed by atoms with Gasteiger partial charge in [0.05, 0.1) is 0 Å². The van der Waals surface area contributed by atoms with E-state index in [2.05, 4.69) is 146 Å². The summed E-state index contributed by atoms with van der Waals surface area (Å²) in [5, 5.41) is 0. The van der Waals surface area contributed by atoms with Gasteiger partial charge in [-0.2, -0.15) is 0 Å². The van der Waals surface area contributed by atoms with Crippen LogP contribution in [0.4, 0.5) is 0 Å². The van der Waals surface area contributed by atoms with E-state index < -0.39 is 0 Å². The Labute approximate surface area is 360 Å². The van der Waals surface area contributed by atoms with Crippen molar-refractivity contribution in [3.8, 4) is 102 Å². The highest BCUT2D eigenvalue weighted by Gasteiger charge is 2.17. The van der Waals surface area contributed by atoms with Crippen LogP contribution in [0.1, 0.15) is 11.1 Å². The highest BCUT2D eigenvalue weighted by molar-refractivity contribution is 5.88. The van der Waals surface area contributed by atoms with Crippen molar-refractivity contribution in [3.05, 3.63) is 212 Å². The minimum atomic E-state index is 0.607. The fraction of sp³-hybridized carbons (Fsp3) is 0.0364. The number of nitrogens with zero attached hydrogens (tertiary/aromatic N) is 7. The molecule has 0 aliphatic heterocycles. The summed E-state index contributed by atoms with van der Waals surface area (Å²) in [6.45, 7) is 4.16. The average Bonchev–Trinajstić information content (AvgIpc) is 3.35. The molecule has 0 saturated heterocycles. The molecule has 3 aromatic heterocycles. The molecule has 0 fully saturated rings. The molecule has 10 rings (SSSR count). The monoisotopic (exact) mass is 797 g/mol. The Hall–Kier alpha value is -8.29. The number of aryl methyl sites for hydroxylation is 2. The first-order valence-corrected chi connectivity index (χ1v) is 20.5. The minimum Gasteiger partial charge on any atom is -0.265 e. The lowest BCUT2D eigenvalue weighted by Crippen LogP contribution is -2.00. The predicted octanol–water partition coefficient (Wildman–Crippen LogP) is 13.1. The van der Waals surface area contributed by atoms with Crippen molar-refractivity contribution in [1.82, 2.24) is 34.9 Å². The molecule has 0 aliphatic carbocycles. The first-order chi connectivity index (χ1) is 30.5. The Balaban J connectivity index is 1.06. The van der Waals surface area contributed by atoms with Gasteiger partial charge in [0, 0.05) is 45.8 Å². The first kappa shape index (κ1) is 37.9. The van der Waals surface area contributed by atoms with Gasteiger partial charge in [-0.25, -0.2) is 29.9 Å². The number of hydrogen-bond acceptors (Lipinski definition) is 7. The summed E-state index contributed by atoms with van der Waals surface area (Å²) in [6.07, 6.45) is 3.67. The van der Waals surface area contributed by atoms with Gasteiger partial charge in [0.25, 0.3) is 0 Å². The van der Waals surface area contributed by atoms with E-state index in [9.17, 15) is 0 Å². The zero-order valence-corrected chi connectivity index (χ0v) is 34.2. The average molecular weight is 798 g/mol. The van der Waals surface area contributed by atoms with Crippen LogP contribution in [0.3, 0.4) is 0 Å². The van der Waals surface area contributed by atoms with Crippen LogP contribution in [-0.4, -0.2) is 34.9 Å². The number of rotatable bonds is 9. The van der Waals surface area contributed by atoms with Gasteiger partial charge in [-0.1, -0.05) is 169 Å². The van der Waals surface area contributed by atoms with Crippen molar-refractivity contribution in [1.29, 1.82) is 0 Å². The van der Waals surface area contributed by atoms with Crippen LogP contribution in [0.15, 0.2) is 200 Å². The van der Waals surface area contributed by atoms with Gasteiger partial charge in [0.2, 0.25) is 0 Å². The lowest BCUT2D eigenvalue weighted by Gasteiger charge is -2.15. The molecule has 0 unspecified atom stereocenters. The Morgan fingerprint density at radius 1 is 0.242 bits per heavy atom. The third-order valence-electron chi connectivity index (χ3n) is 10.9. The molecule has 7 heteroatoms. The third-order valence-corrected chi connectivity index (χ3v) is 10.9. The van der Waals surface area contributed by atoms with E-state index in [4.69, 9.17) is 29.9 Å². The van der Waals surface area contributed by atoms with Crippen LogP contribution in [0.25, 0.3) is 102 Å². The maximum absolute atomic E-state index is 5.05. The van der Waals surface area contributed by atoms with Gasteiger partial charge in [-0.15, -0.1) is 0 Å². The number of pyridine rings is 1. The molecule has 0 aliphatic rings. The van der Waals surface area contributed by atoms with Crippen LogP contribution < -0.4 is 0 Å². The van der Waals surface area contributed by atoms with E-state index in [0.29, 0.717) is 34.9 Å².